The highest BCUT2D eigenvalue weighted by Crippen LogP contribution is 2.23. The van der Waals surface area contributed by atoms with Crippen LogP contribution in [0.5, 0.6) is 0 Å². The van der Waals surface area contributed by atoms with E-state index in [1.807, 2.05) is 0 Å². The molecule has 0 amide bonds. The van der Waals surface area contributed by atoms with Gasteiger partial charge in [0.1, 0.15) is 0 Å². The third-order valence-corrected chi connectivity index (χ3v) is 3.62. The first kappa shape index (κ1) is 11.6. The first-order valence-corrected chi connectivity index (χ1v) is 6.24. The van der Waals surface area contributed by atoms with Gasteiger partial charge in [-0.1, -0.05) is 38.1 Å². The molecule has 1 aromatic rings. The molecule has 16 heavy (non-hydrogen) atoms. The Morgan fingerprint density at radius 3 is 2.19 bits per heavy atom. The van der Waals surface area contributed by atoms with E-state index in [9.17, 15) is 0 Å². The summed E-state index contributed by atoms with van der Waals surface area (Å²) in [4.78, 5) is 2.42. The lowest BCUT2D eigenvalue weighted by Gasteiger charge is -2.47. The van der Waals surface area contributed by atoms with E-state index in [-0.39, 0.29) is 5.54 Å². The van der Waals surface area contributed by atoms with Gasteiger partial charge < -0.3 is 5.73 Å². The van der Waals surface area contributed by atoms with Gasteiger partial charge in [0.2, 0.25) is 0 Å². The van der Waals surface area contributed by atoms with Gasteiger partial charge in [0.15, 0.2) is 0 Å². The summed E-state index contributed by atoms with van der Waals surface area (Å²) in [5.74, 6) is 0. The SMILES string of the molecule is CCc1ccc(CN2CC(N)(CC)C2)cc1. The Bertz CT molecular complexity index is 336. The molecule has 2 heteroatoms. The highest BCUT2D eigenvalue weighted by atomic mass is 15.2. The van der Waals surface area contributed by atoms with Crippen LogP contribution in [-0.2, 0) is 13.0 Å². The molecule has 88 valence electrons. The van der Waals surface area contributed by atoms with Crippen LogP contribution in [0.15, 0.2) is 24.3 Å². The Kier molecular flexibility index (Phi) is 3.31. The van der Waals surface area contributed by atoms with Crippen LogP contribution in [0.2, 0.25) is 0 Å². The monoisotopic (exact) mass is 218 g/mol. The van der Waals surface area contributed by atoms with Gasteiger partial charge in [-0.15, -0.1) is 0 Å². The number of hydrogen-bond acceptors (Lipinski definition) is 2. The fourth-order valence-electron chi connectivity index (χ4n) is 2.32. The van der Waals surface area contributed by atoms with Gasteiger partial charge in [0.25, 0.3) is 0 Å². The lowest BCUT2D eigenvalue weighted by Crippen LogP contribution is -2.66. The third kappa shape index (κ3) is 2.45. The highest BCUT2D eigenvalue weighted by Gasteiger charge is 2.37. The quantitative estimate of drug-likeness (QED) is 0.839. The zero-order valence-electron chi connectivity index (χ0n) is 10.4. The molecule has 2 rings (SSSR count). The van der Waals surface area contributed by atoms with Crippen molar-refractivity contribution in [2.24, 2.45) is 5.73 Å². The van der Waals surface area contributed by atoms with E-state index in [4.69, 9.17) is 5.73 Å². The maximum atomic E-state index is 6.15. The molecule has 1 fully saturated rings. The first-order valence-electron chi connectivity index (χ1n) is 6.24. The minimum absolute atomic E-state index is 0.0867. The van der Waals surface area contributed by atoms with Crippen molar-refractivity contribution in [1.29, 1.82) is 0 Å². The van der Waals surface area contributed by atoms with E-state index < -0.39 is 0 Å². The van der Waals surface area contributed by atoms with Crippen molar-refractivity contribution in [3.05, 3.63) is 35.4 Å². The summed E-state index contributed by atoms with van der Waals surface area (Å²) in [5.41, 5.74) is 9.05. The van der Waals surface area contributed by atoms with E-state index in [0.717, 1.165) is 32.5 Å². The molecule has 2 nitrogen and oxygen atoms in total. The van der Waals surface area contributed by atoms with Gasteiger partial charge in [-0.3, -0.25) is 4.90 Å². The predicted molar refractivity (Wildman–Crippen MR) is 68.3 cm³/mol. The number of aryl methyl sites for hydroxylation is 1. The van der Waals surface area contributed by atoms with E-state index >= 15 is 0 Å². The number of hydrogen-bond donors (Lipinski definition) is 1. The van der Waals surface area contributed by atoms with Crippen molar-refractivity contribution in [1.82, 2.24) is 4.90 Å². The number of rotatable bonds is 4. The third-order valence-electron chi connectivity index (χ3n) is 3.62. The van der Waals surface area contributed by atoms with Crippen molar-refractivity contribution in [3.63, 3.8) is 0 Å². The van der Waals surface area contributed by atoms with Crippen LogP contribution < -0.4 is 5.73 Å². The number of nitrogens with two attached hydrogens (primary N) is 1. The van der Waals surface area contributed by atoms with Crippen LogP contribution in [0.1, 0.15) is 31.4 Å². The van der Waals surface area contributed by atoms with Crippen LogP contribution in [0.25, 0.3) is 0 Å². The van der Waals surface area contributed by atoms with Crippen molar-refractivity contribution < 1.29 is 0 Å². The van der Waals surface area contributed by atoms with Crippen molar-refractivity contribution in [2.75, 3.05) is 13.1 Å². The zero-order valence-corrected chi connectivity index (χ0v) is 10.4. The molecule has 1 aliphatic heterocycles. The standard InChI is InChI=1S/C14H22N2/c1-3-12-5-7-13(8-6-12)9-16-10-14(15,4-2)11-16/h5-8H,3-4,9-11,15H2,1-2H3. The lowest BCUT2D eigenvalue weighted by molar-refractivity contribution is 0.0607. The van der Waals surface area contributed by atoms with Crippen molar-refractivity contribution in [2.45, 2.75) is 38.8 Å². The largest absolute Gasteiger partial charge is 0.323 e. The number of nitrogens with zero attached hydrogens (tertiary/aromatic N) is 1. The molecule has 0 radical (unpaired) electrons. The normalized spacial score (nSPS) is 19.4. The Balaban J connectivity index is 1.87. The topological polar surface area (TPSA) is 29.3 Å². The summed E-state index contributed by atoms with van der Waals surface area (Å²) in [5, 5.41) is 0. The maximum absolute atomic E-state index is 6.15. The molecule has 1 heterocycles. The second-order valence-electron chi connectivity index (χ2n) is 5.03. The van der Waals surface area contributed by atoms with Gasteiger partial charge in [-0.25, -0.2) is 0 Å². The van der Waals surface area contributed by atoms with E-state index in [0.29, 0.717) is 0 Å². The Morgan fingerprint density at radius 2 is 1.69 bits per heavy atom. The van der Waals surface area contributed by atoms with Crippen LogP contribution in [0.4, 0.5) is 0 Å². The summed E-state index contributed by atoms with van der Waals surface area (Å²) >= 11 is 0. The average Bonchev–Trinajstić information content (AvgIpc) is 2.28. The molecule has 0 aliphatic carbocycles. The van der Waals surface area contributed by atoms with Crippen LogP contribution >= 0.6 is 0 Å². The van der Waals surface area contributed by atoms with Gasteiger partial charge in [-0.2, -0.15) is 0 Å². The van der Waals surface area contributed by atoms with E-state index in [1.165, 1.54) is 11.1 Å². The van der Waals surface area contributed by atoms with E-state index in [1.54, 1.807) is 0 Å². The minimum atomic E-state index is 0.0867. The molecule has 0 unspecified atom stereocenters. The van der Waals surface area contributed by atoms with Gasteiger partial charge >= 0.3 is 0 Å². The molecule has 1 saturated heterocycles. The number of benzene rings is 1. The Labute approximate surface area is 98.4 Å². The summed E-state index contributed by atoms with van der Waals surface area (Å²) < 4.78 is 0. The lowest BCUT2D eigenvalue weighted by atomic mass is 9.88. The summed E-state index contributed by atoms with van der Waals surface area (Å²) in [7, 11) is 0. The first-order chi connectivity index (χ1) is 7.65. The molecule has 0 aromatic heterocycles. The molecule has 2 N–H and O–H groups in total. The number of likely N-dealkylation sites (tertiary alicyclic amines) is 1. The molecule has 0 saturated carbocycles. The van der Waals surface area contributed by atoms with Gasteiger partial charge in [0.05, 0.1) is 0 Å². The molecular weight excluding hydrogens is 196 g/mol. The fraction of sp³-hybridized carbons (Fsp3) is 0.571. The summed E-state index contributed by atoms with van der Waals surface area (Å²) in [6.45, 7) is 7.49. The molecule has 0 atom stereocenters. The Morgan fingerprint density at radius 1 is 1.12 bits per heavy atom. The molecule has 0 bridgehead atoms. The summed E-state index contributed by atoms with van der Waals surface area (Å²) in [6, 6.07) is 8.93. The molecule has 0 spiro atoms. The summed E-state index contributed by atoms with van der Waals surface area (Å²) in [6.07, 6.45) is 2.20. The fourth-order valence-corrected chi connectivity index (χ4v) is 2.32. The second kappa shape index (κ2) is 4.56. The van der Waals surface area contributed by atoms with Gasteiger partial charge in [0, 0.05) is 25.2 Å². The van der Waals surface area contributed by atoms with Crippen molar-refractivity contribution >= 4 is 0 Å². The zero-order chi connectivity index (χ0) is 11.6. The Hall–Kier alpha value is -0.860. The highest BCUT2D eigenvalue weighted by molar-refractivity contribution is 5.23. The average molecular weight is 218 g/mol. The molecule has 1 aliphatic rings. The second-order valence-corrected chi connectivity index (χ2v) is 5.03. The van der Waals surface area contributed by atoms with Crippen LogP contribution in [-0.4, -0.2) is 23.5 Å². The van der Waals surface area contributed by atoms with Crippen molar-refractivity contribution in [3.8, 4) is 0 Å². The van der Waals surface area contributed by atoms with Crippen LogP contribution in [0, 0.1) is 0 Å². The van der Waals surface area contributed by atoms with Crippen LogP contribution in [0.3, 0.4) is 0 Å². The molecule has 1 aromatic carbocycles. The molecular formula is C14H22N2. The minimum Gasteiger partial charge on any atom is -0.323 e. The van der Waals surface area contributed by atoms with Gasteiger partial charge in [-0.05, 0) is 24.0 Å². The maximum Gasteiger partial charge on any atom is 0.0410 e. The predicted octanol–water partition coefficient (Wildman–Crippen LogP) is 2.17. The smallest absolute Gasteiger partial charge is 0.0410 e. The van der Waals surface area contributed by atoms with E-state index in [2.05, 4.69) is 43.0 Å².